The fourth-order valence-electron chi connectivity index (χ4n) is 5.31. The Hall–Kier alpha value is -2.62. The number of carbonyl (C=O) groups is 1. The van der Waals surface area contributed by atoms with Crippen LogP contribution in [0.2, 0.25) is 10.0 Å². The average molecular weight is 939 g/mol. The van der Waals surface area contributed by atoms with Gasteiger partial charge in [-0.1, -0.05) is 83.1 Å². The Morgan fingerprint density at radius 3 is 2.46 bits per heavy atom. The second kappa shape index (κ2) is 15.5. The molecule has 1 aliphatic rings. The lowest BCUT2D eigenvalue weighted by molar-refractivity contribution is -0.138. The molecule has 12 heteroatoms. The minimum atomic E-state index is -0.755. The number of hydrogen-bond donors (Lipinski definition) is 0. The number of aromatic nitrogens is 1. The predicted molar refractivity (Wildman–Crippen MR) is 212 cm³/mol. The first-order chi connectivity index (χ1) is 23.2. The van der Waals surface area contributed by atoms with Crippen LogP contribution < -0.4 is 19.6 Å². The quantitative estimate of drug-likeness (QED) is 0.0841. The summed E-state index contributed by atoms with van der Waals surface area (Å²) in [4.78, 5) is 34.7. The number of fused-ring (bicyclic) bond motifs is 1. The van der Waals surface area contributed by atoms with Crippen molar-refractivity contribution < 1.29 is 14.3 Å². The standard InChI is InChI=1S/C36H26Cl2I2N2O4S2/c1-3-45-35(44)30-31(21-7-5-4-6-8-21)41-36-42(32(30)22-10-12-25(47-2)13-11-22)34(43)29(48-36)17-23-16-24(39)18-28(40)33(23)46-19-20-9-14-26(37)27(38)15-20/h4-18,32H,3,19H2,1-2H3/b29-17-/t32-/m0/s1. The van der Waals surface area contributed by atoms with Crippen molar-refractivity contribution in [3.05, 3.63) is 150 Å². The van der Waals surface area contributed by atoms with Crippen molar-refractivity contribution in [2.45, 2.75) is 24.5 Å². The van der Waals surface area contributed by atoms with Gasteiger partial charge in [0, 0.05) is 19.6 Å². The number of benzene rings is 4. The molecule has 0 saturated carbocycles. The maximum atomic E-state index is 14.5. The van der Waals surface area contributed by atoms with Gasteiger partial charge in [0.25, 0.3) is 5.56 Å². The van der Waals surface area contributed by atoms with E-state index in [1.807, 2.05) is 85.1 Å². The van der Waals surface area contributed by atoms with E-state index in [2.05, 4.69) is 45.2 Å². The van der Waals surface area contributed by atoms with Gasteiger partial charge in [-0.3, -0.25) is 9.36 Å². The molecule has 48 heavy (non-hydrogen) atoms. The molecule has 6 rings (SSSR count). The van der Waals surface area contributed by atoms with Crippen LogP contribution in [0.3, 0.4) is 0 Å². The molecule has 0 radical (unpaired) electrons. The van der Waals surface area contributed by atoms with Gasteiger partial charge in [0.15, 0.2) is 4.80 Å². The van der Waals surface area contributed by atoms with Crippen LogP contribution in [0.25, 0.3) is 11.8 Å². The molecule has 1 aromatic heterocycles. The van der Waals surface area contributed by atoms with Crippen molar-refractivity contribution in [2.75, 3.05) is 12.9 Å². The highest BCUT2D eigenvalue weighted by molar-refractivity contribution is 14.1. The van der Waals surface area contributed by atoms with Gasteiger partial charge in [0.2, 0.25) is 0 Å². The lowest BCUT2D eigenvalue weighted by Crippen LogP contribution is -2.40. The van der Waals surface area contributed by atoms with Crippen LogP contribution in [0.5, 0.6) is 5.75 Å². The predicted octanol–water partition coefficient (Wildman–Crippen LogP) is 8.75. The highest BCUT2D eigenvalue weighted by atomic mass is 127. The molecule has 5 aromatic rings. The van der Waals surface area contributed by atoms with E-state index in [9.17, 15) is 9.59 Å². The summed E-state index contributed by atoms with van der Waals surface area (Å²) in [5, 5.41) is 0.923. The van der Waals surface area contributed by atoms with Crippen LogP contribution in [-0.2, 0) is 16.1 Å². The fourth-order valence-corrected chi connectivity index (χ4v) is 9.07. The number of hydrogen-bond acceptors (Lipinski definition) is 7. The van der Waals surface area contributed by atoms with Crippen LogP contribution in [0.4, 0.5) is 0 Å². The first kappa shape index (κ1) is 35.2. The summed E-state index contributed by atoms with van der Waals surface area (Å²) < 4.78 is 15.9. The monoisotopic (exact) mass is 938 g/mol. The van der Waals surface area contributed by atoms with Gasteiger partial charge in [0.1, 0.15) is 12.4 Å². The van der Waals surface area contributed by atoms with Crippen LogP contribution in [-0.4, -0.2) is 23.4 Å². The third-order valence-corrected chi connectivity index (χ3v) is 11.4. The van der Waals surface area contributed by atoms with Crippen molar-refractivity contribution in [3.63, 3.8) is 0 Å². The van der Waals surface area contributed by atoms with Crippen molar-refractivity contribution in [3.8, 4) is 5.75 Å². The Labute approximate surface area is 322 Å². The number of rotatable bonds is 9. The minimum Gasteiger partial charge on any atom is -0.487 e. The van der Waals surface area contributed by atoms with Gasteiger partial charge >= 0.3 is 5.97 Å². The fraction of sp³-hybridized carbons (Fsp3) is 0.139. The summed E-state index contributed by atoms with van der Waals surface area (Å²) in [6.07, 6.45) is 3.84. The normalized spacial score (nSPS) is 14.5. The van der Waals surface area contributed by atoms with E-state index < -0.39 is 12.0 Å². The van der Waals surface area contributed by atoms with Gasteiger partial charge in [-0.2, -0.15) is 0 Å². The van der Waals surface area contributed by atoms with E-state index in [-0.39, 0.29) is 18.8 Å². The SMILES string of the molecule is CCOC(=O)C1=C(c2ccccc2)N=c2s/c(=C\c3cc(I)cc(I)c3OCc3ccc(Cl)c(Cl)c3)c(=O)n2[C@H]1c1ccc(SC)cc1. The topological polar surface area (TPSA) is 69.9 Å². The largest absolute Gasteiger partial charge is 0.487 e. The number of esters is 1. The maximum absolute atomic E-state index is 14.5. The number of ether oxygens (including phenoxy) is 2. The van der Waals surface area contributed by atoms with Crippen molar-refractivity contribution in [1.29, 1.82) is 0 Å². The summed E-state index contributed by atoms with van der Waals surface area (Å²) in [6, 6.07) is 26.0. The summed E-state index contributed by atoms with van der Waals surface area (Å²) in [6.45, 7) is 2.20. The Balaban J connectivity index is 1.54. The number of thioether (sulfide) groups is 1. The molecule has 0 saturated heterocycles. The second-order valence-electron chi connectivity index (χ2n) is 10.5. The molecule has 0 bridgehead atoms. The van der Waals surface area contributed by atoms with Gasteiger partial charge in [-0.05, 0) is 112 Å². The smallest absolute Gasteiger partial charge is 0.338 e. The molecule has 0 N–H and O–H groups in total. The van der Waals surface area contributed by atoms with E-state index in [0.29, 0.717) is 36.4 Å². The Bertz CT molecular complexity index is 2240. The molecule has 244 valence electrons. The molecule has 0 unspecified atom stereocenters. The summed E-state index contributed by atoms with van der Waals surface area (Å²) in [5.74, 6) is 0.118. The zero-order valence-electron chi connectivity index (χ0n) is 25.5. The van der Waals surface area contributed by atoms with Crippen LogP contribution in [0.15, 0.2) is 105 Å². The van der Waals surface area contributed by atoms with E-state index in [1.165, 1.54) is 11.3 Å². The Morgan fingerprint density at radius 1 is 1.02 bits per heavy atom. The molecule has 2 heterocycles. The van der Waals surface area contributed by atoms with E-state index in [1.54, 1.807) is 35.4 Å². The zero-order chi connectivity index (χ0) is 33.9. The molecule has 6 nitrogen and oxygen atoms in total. The summed E-state index contributed by atoms with van der Waals surface area (Å²) >= 11 is 19.8. The minimum absolute atomic E-state index is 0.184. The first-order valence-corrected chi connectivity index (χ1v) is 19.6. The molecular formula is C36H26Cl2I2N2O4S2. The lowest BCUT2D eigenvalue weighted by Gasteiger charge is -2.26. The van der Waals surface area contributed by atoms with Gasteiger partial charge in [-0.25, -0.2) is 9.79 Å². The van der Waals surface area contributed by atoms with Crippen molar-refractivity contribution in [1.82, 2.24) is 4.57 Å². The highest BCUT2D eigenvalue weighted by Crippen LogP contribution is 2.36. The molecular weight excluding hydrogens is 913 g/mol. The number of nitrogens with zero attached hydrogens (tertiary/aromatic N) is 2. The molecule has 4 aromatic carbocycles. The van der Waals surface area contributed by atoms with Gasteiger partial charge in [0.05, 0.1) is 42.1 Å². The first-order valence-electron chi connectivity index (χ1n) is 14.7. The number of thiazole rings is 1. The van der Waals surface area contributed by atoms with Gasteiger partial charge in [-0.15, -0.1) is 11.8 Å². The molecule has 0 amide bonds. The zero-order valence-corrected chi connectivity index (χ0v) is 33.0. The summed E-state index contributed by atoms with van der Waals surface area (Å²) in [5.41, 5.74) is 3.66. The van der Waals surface area contributed by atoms with Gasteiger partial charge < -0.3 is 9.47 Å². The second-order valence-corrected chi connectivity index (χ2v) is 15.7. The Kier molecular flexibility index (Phi) is 11.4. The average Bonchev–Trinajstić information content (AvgIpc) is 3.39. The molecule has 1 atom stereocenters. The third-order valence-electron chi connectivity index (χ3n) is 7.50. The van der Waals surface area contributed by atoms with E-state index in [4.69, 9.17) is 37.7 Å². The van der Waals surface area contributed by atoms with E-state index in [0.717, 1.165) is 34.3 Å². The lowest BCUT2D eigenvalue weighted by atomic mass is 9.93. The van der Waals surface area contributed by atoms with Crippen LogP contribution in [0.1, 0.15) is 35.2 Å². The highest BCUT2D eigenvalue weighted by Gasteiger charge is 2.35. The Morgan fingerprint density at radius 2 is 1.77 bits per heavy atom. The van der Waals surface area contributed by atoms with Crippen molar-refractivity contribution in [2.24, 2.45) is 4.99 Å². The molecule has 0 fully saturated rings. The van der Waals surface area contributed by atoms with Crippen LogP contribution in [0, 0.1) is 7.14 Å². The molecule has 0 aliphatic carbocycles. The van der Waals surface area contributed by atoms with Crippen molar-refractivity contribution >= 4 is 109 Å². The summed E-state index contributed by atoms with van der Waals surface area (Å²) in [7, 11) is 0. The molecule has 1 aliphatic heterocycles. The third kappa shape index (κ3) is 7.43. The number of carbonyl (C=O) groups excluding carboxylic acids is 1. The molecule has 0 spiro atoms. The van der Waals surface area contributed by atoms with Crippen LogP contribution >= 0.6 is 91.5 Å². The maximum Gasteiger partial charge on any atom is 0.338 e. The number of halogens is 4. The van der Waals surface area contributed by atoms with E-state index >= 15 is 0 Å².